The third kappa shape index (κ3) is 5.02. The fourth-order valence-electron chi connectivity index (χ4n) is 3.41. The summed E-state index contributed by atoms with van der Waals surface area (Å²) in [5.41, 5.74) is 2.46. The molecule has 0 bridgehead atoms. The maximum atomic E-state index is 12.7. The number of hydrogen-bond donors (Lipinski definition) is 1. The molecule has 0 fully saturated rings. The second kappa shape index (κ2) is 9.37. The summed E-state index contributed by atoms with van der Waals surface area (Å²) in [7, 11) is 0. The molecule has 1 unspecified atom stereocenters. The molecular formula is C23H26N2O4. The van der Waals surface area contributed by atoms with Gasteiger partial charge in [0.15, 0.2) is 6.61 Å². The van der Waals surface area contributed by atoms with Crippen LogP contribution in [0.5, 0.6) is 0 Å². The molecule has 3 rings (SSSR count). The third-order valence-corrected chi connectivity index (χ3v) is 4.99. The smallest absolute Gasteiger partial charge is 0.329 e. The number of carbonyl (C=O) groups is 3. The van der Waals surface area contributed by atoms with Crippen molar-refractivity contribution in [3.8, 4) is 0 Å². The first-order chi connectivity index (χ1) is 14.0. The minimum Gasteiger partial charge on any atom is -0.454 e. The van der Waals surface area contributed by atoms with Crippen LogP contribution in [-0.4, -0.2) is 37.0 Å². The summed E-state index contributed by atoms with van der Waals surface area (Å²) in [6.45, 7) is 3.89. The first-order valence-electron chi connectivity index (χ1n) is 9.88. The van der Waals surface area contributed by atoms with Gasteiger partial charge in [0.1, 0.15) is 6.04 Å². The van der Waals surface area contributed by atoms with E-state index in [1.165, 1.54) is 0 Å². The van der Waals surface area contributed by atoms with Gasteiger partial charge >= 0.3 is 5.97 Å². The van der Waals surface area contributed by atoms with Gasteiger partial charge in [0.2, 0.25) is 0 Å². The monoisotopic (exact) mass is 394 g/mol. The highest BCUT2D eigenvalue weighted by molar-refractivity contribution is 5.98. The normalized spacial score (nSPS) is 14.1. The predicted molar refractivity (Wildman–Crippen MR) is 111 cm³/mol. The topological polar surface area (TPSA) is 75.7 Å². The fraction of sp³-hybridized carbons (Fsp3) is 0.348. The highest BCUT2D eigenvalue weighted by atomic mass is 16.5. The Morgan fingerprint density at radius 2 is 1.72 bits per heavy atom. The van der Waals surface area contributed by atoms with E-state index in [-0.39, 0.29) is 24.3 Å². The second-order valence-corrected chi connectivity index (χ2v) is 7.45. The van der Waals surface area contributed by atoms with Crippen molar-refractivity contribution < 1.29 is 19.1 Å². The van der Waals surface area contributed by atoms with Gasteiger partial charge in [-0.05, 0) is 42.5 Å². The van der Waals surface area contributed by atoms with Crippen LogP contribution >= 0.6 is 0 Å². The molecule has 0 radical (unpaired) electrons. The van der Waals surface area contributed by atoms with Gasteiger partial charge in [-0.25, -0.2) is 4.79 Å². The van der Waals surface area contributed by atoms with Crippen molar-refractivity contribution in [3.63, 3.8) is 0 Å². The Morgan fingerprint density at radius 3 is 2.45 bits per heavy atom. The maximum Gasteiger partial charge on any atom is 0.329 e. The Morgan fingerprint density at radius 1 is 1.03 bits per heavy atom. The number of amides is 2. The Balaban J connectivity index is 1.61. The maximum absolute atomic E-state index is 12.7. The van der Waals surface area contributed by atoms with E-state index in [2.05, 4.69) is 5.32 Å². The fourth-order valence-corrected chi connectivity index (χ4v) is 3.41. The van der Waals surface area contributed by atoms with Crippen molar-refractivity contribution in [1.82, 2.24) is 5.32 Å². The van der Waals surface area contributed by atoms with Gasteiger partial charge in [0, 0.05) is 17.8 Å². The zero-order chi connectivity index (χ0) is 20.8. The summed E-state index contributed by atoms with van der Waals surface area (Å²) < 4.78 is 5.29. The van der Waals surface area contributed by atoms with E-state index in [1.807, 2.05) is 44.2 Å². The lowest BCUT2D eigenvalue weighted by atomic mass is 10.0. The summed E-state index contributed by atoms with van der Waals surface area (Å²) in [4.78, 5) is 39.3. The number of rotatable bonds is 6. The number of carbonyl (C=O) groups excluding carboxylic acids is 3. The van der Waals surface area contributed by atoms with Crippen molar-refractivity contribution in [2.45, 2.75) is 32.7 Å². The number of esters is 1. The molecule has 0 saturated heterocycles. The lowest BCUT2D eigenvalue weighted by molar-refractivity contribution is -0.150. The van der Waals surface area contributed by atoms with E-state index in [4.69, 9.17) is 4.74 Å². The van der Waals surface area contributed by atoms with Crippen LogP contribution in [0.15, 0.2) is 54.6 Å². The molecule has 2 aromatic rings. The van der Waals surface area contributed by atoms with Crippen molar-refractivity contribution in [2.24, 2.45) is 5.92 Å². The van der Waals surface area contributed by atoms with Crippen LogP contribution < -0.4 is 10.2 Å². The van der Waals surface area contributed by atoms with Crippen LogP contribution in [0.3, 0.4) is 0 Å². The van der Waals surface area contributed by atoms with E-state index in [9.17, 15) is 14.4 Å². The average Bonchev–Trinajstić information content (AvgIpc) is 2.75. The molecule has 1 aliphatic heterocycles. The number of anilines is 1. The Hall–Kier alpha value is -3.15. The van der Waals surface area contributed by atoms with Crippen molar-refractivity contribution in [1.29, 1.82) is 0 Å². The molecule has 2 aromatic carbocycles. The predicted octanol–water partition coefficient (Wildman–Crippen LogP) is 2.96. The number of para-hydroxylation sites is 1. The highest BCUT2D eigenvalue weighted by Crippen LogP contribution is 2.26. The first-order valence-corrected chi connectivity index (χ1v) is 9.88. The van der Waals surface area contributed by atoms with Gasteiger partial charge in [0.05, 0.1) is 0 Å². The molecule has 6 nitrogen and oxygen atoms in total. The van der Waals surface area contributed by atoms with Crippen LogP contribution in [0.25, 0.3) is 0 Å². The molecule has 1 N–H and O–H groups in total. The summed E-state index contributed by atoms with van der Waals surface area (Å²) in [5, 5.41) is 2.71. The minimum absolute atomic E-state index is 0.180. The van der Waals surface area contributed by atoms with Gasteiger partial charge in [-0.15, -0.1) is 0 Å². The standard InChI is InChI=1S/C23H26N2O4/c1-16(2)21(24-22(27)18-10-4-3-5-11-18)23(28)29-15-20(26)25-14-8-12-17-9-6-7-13-19(17)25/h3-7,9-11,13,16,21H,8,12,14-15H2,1-2H3,(H,24,27). The molecule has 2 amide bonds. The Bertz CT molecular complexity index is 879. The summed E-state index contributed by atoms with van der Waals surface area (Å²) in [6, 6.07) is 15.6. The summed E-state index contributed by atoms with van der Waals surface area (Å²) in [6.07, 6.45) is 1.80. The average molecular weight is 394 g/mol. The summed E-state index contributed by atoms with van der Waals surface area (Å²) >= 11 is 0. The molecule has 1 atom stereocenters. The molecular weight excluding hydrogens is 368 g/mol. The Kier molecular flexibility index (Phi) is 6.65. The van der Waals surface area contributed by atoms with E-state index in [1.54, 1.807) is 29.2 Å². The SMILES string of the molecule is CC(C)C(NC(=O)c1ccccc1)C(=O)OCC(=O)N1CCCc2ccccc21. The highest BCUT2D eigenvalue weighted by Gasteiger charge is 2.28. The number of fused-ring (bicyclic) bond motifs is 1. The number of nitrogens with zero attached hydrogens (tertiary/aromatic N) is 1. The van der Waals surface area contributed by atoms with Crippen LogP contribution in [0.2, 0.25) is 0 Å². The molecule has 0 saturated carbocycles. The lowest BCUT2D eigenvalue weighted by Gasteiger charge is -2.29. The van der Waals surface area contributed by atoms with Crippen LogP contribution in [-0.2, 0) is 20.7 Å². The van der Waals surface area contributed by atoms with Gasteiger partial charge in [-0.2, -0.15) is 0 Å². The second-order valence-electron chi connectivity index (χ2n) is 7.45. The molecule has 29 heavy (non-hydrogen) atoms. The van der Waals surface area contributed by atoms with Crippen LogP contribution in [0.1, 0.15) is 36.2 Å². The number of aryl methyl sites for hydroxylation is 1. The quantitative estimate of drug-likeness (QED) is 0.765. The van der Waals surface area contributed by atoms with Crippen LogP contribution in [0, 0.1) is 5.92 Å². The molecule has 0 aliphatic carbocycles. The summed E-state index contributed by atoms with van der Waals surface area (Å²) in [5.74, 6) is -1.40. The van der Waals surface area contributed by atoms with E-state index in [0.717, 1.165) is 24.1 Å². The molecule has 152 valence electrons. The van der Waals surface area contributed by atoms with Crippen molar-refractivity contribution in [2.75, 3.05) is 18.1 Å². The Labute approximate surface area is 170 Å². The van der Waals surface area contributed by atoms with Crippen LogP contribution in [0.4, 0.5) is 5.69 Å². The number of nitrogens with one attached hydrogen (secondary N) is 1. The minimum atomic E-state index is -0.829. The number of ether oxygens (including phenoxy) is 1. The van der Waals surface area contributed by atoms with Gasteiger partial charge in [-0.3, -0.25) is 9.59 Å². The molecule has 1 heterocycles. The molecule has 0 spiro atoms. The van der Waals surface area contributed by atoms with Gasteiger partial charge in [-0.1, -0.05) is 50.2 Å². The molecule has 6 heteroatoms. The zero-order valence-electron chi connectivity index (χ0n) is 16.8. The van der Waals surface area contributed by atoms with Gasteiger partial charge < -0.3 is 15.0 Å². The third-order valence-electron chi connectivity index (χ3n) is 4.99. The van der Waals surface area contributed by atoms with Crippen molar-refractivity contribution in [3.05, 3.63) is 65.7 Å². The largest absolute Gasteiger partial charge is 0.454 e. The number of benzene rings is 2. The van der Waals surface area contributed by atoms with Crippen molar-refractivity contribution >= 4 is 23.5 Å². The van der Waals surface area contributed by atoms with E-state index >= 15 is 0 Å². The zero-order valence-corrected chi connectivity index (χ0v) is 16.8. The van der Waals surface area contributed by atoms with E-state index < -0.39 is 12.0 Å². The van der Waals surface area contributed by atoms with E-state index in [0.29, 0.717) is 12.1 Å². The molecule has 0 aromatic heterocycles. The molecule has 1 aliphatic rings. The van der Waals surface area contributed by atoms with Gasteiger partial charge in [0.25, 0.3) is 11.8 Å². The first kappa shape index (κ1) is 20.6. The number of hydrogen-bond acceptors (Lipinski definition) is 4. The lowest BCUT2D eigenvalue weighted by Crippen LogP contribution is -2.46.